The van der Waals surface area contributed by atoms with Gasteiger partial charge in [0, 0.05) is 12.7 Å². The summed E-state index contributed by atoms with van der Waals surface area (Å²) in [5.74, 6) is 0. The molecule has 0 amide bonds. The lowest BCUT2D eigenvalue weighted by molar-refractivity contribution is 1.14. The second-order valence-electron chi connectivity index (χ2n) is 1.74. The first-order valence-corrected chi connectivity index (χ1v) is 4.03. The van der Waals surface area contributed by atoms with Crippen molar-refractivity contribution in [1.82, 2.24) is 4.98 Å². The predicted molar refractivity (Wildman–Crippen MR) is 46.6 cm³/mol. The summed E-state index contributed by atoms with van der Waals surface area (Å²) in [4.78, 5) is 4.12. The molecule has 1 heterocycles. The Morgan fingerprint density at radius 2 is 2.50 bits per heavy atom. The van der Waals surface area contributed by atoms with Crippen LogP contribution in [0, 0.1) is 0 Å². The third-order valence-electron chi connectivity index (χ3n) is 0.978. The topological polar surface area (TPSA) is 38.9 Å². The molecule has 0 spiro atoms. The fourth-order valence-corrected chi connectivity index (χ4v) is 1.17. The van der Waals surface area contributed by atoms with E-state index in [9.17, 15) is 0 Å². The molecule has 0 bridgehead atoms. The fraction of sp³-hybridized carbons (Fsp3) is 0.143. The van der Waals surface area contributed by atoms with Gasteiger partial charge in [-0.1, -0.05) is 6.07 Å². The van der Waals surface area contributed by atoms with Gasteiger partial charge in [0.1, 0.15) is 0 Å². The molecule has 0 aliphatic rings. The zero-order chi connectivity index (χ0) is 7.23. The van der Waals surface area contributed by atoms with Gasteiger partial charge in [0.25, 0.3) is 0 Å². The maximum atomic E-state index is 5.29. The summed E-state index contributed by atoms with van der Waals surface area (Å²) in [7, 11) is 0. The number of hydrogen-bond donors (Lipinski definition) is 2. The summed E-state index contributed by atoms with van der Waals surface area (Å²) in [6.45, 7) is 0.609. The predicted octanol–water partition coefficient (Wildman–Crippen LogP) is 0.667. The summed E-state index contributed by atoms with van der Waals surface area (Å²) in [6, 6.07) is 5.86. The average molecular weight is 154 g/mol. The van der Waals surface area contributed by atoms with E-state index in [0.717, 1.165) is 16.4 Å². The summed E-state index contributed by atoms with van der Waals surface area (Å²) in [5, 5.41) is 3.02. The van der Waals surface area contributed by atoms with E-state index in [1.54, 1.807) is 6.20 Å². The molecule has 0 aromatic carbocycles. The van der Waals surface area contributed by atoms with Crippen molar-refractivity contribution in [3.8, 4) is 0 Å². The van der Waals surface area contributed by atoms with E-state index in [2.05, 4.69) is 4.98 Å². The smallest absolute Gasteiger partial charge is 0.0875 e. The van der Waals surface area contributed by atoms with Gasteiger partial charge < -0.3 is 5.73 Å². The standard InChI is InChI=1S/C7H10N2S/c8-4-6-10-7-3-1-2-5-9-7/h1-3,5-6,10H,4,8H2. The summed E-state index contributed by atoms with van der Waals surface area (Å²) < 4.78 is 0. The molecule has 2 nitrogen and oxygen atoms in total. The molecule has 0 radical (unpaired) electrons. The molecule has 3 heteroatoms. The van der Waals surface area contributed by atoms with Crippen LogP contribution < -0.4 is 5.73 Å². The Bertz CT molecular complexity index is 208. The minimum absolute atomic E-state index is 0.609. The molecule has 1 rings (SSSR count). The Balaban J connectivity index is 2.67. The third-order valence-corrected chi connectivity index (χ3v) is 1.90. The monoisotopic (exact) mass is 154 g/mol. The lowest BCUT2D eigenvalue weighted by Crippen LogP contribution is -1.97. The maximum Gasteiger partial charge on any atom is 0.0875 e. The number of aromatic nitrogens is 1. The third kappa shape index (κ3) is 2.29. The first-order chi connectivity index (χ1) is 4.93. The maximum absolute atomic E-state index is 5.29. The molecular formula is C7H10N2S. The quantitative estimate of drug-likeness (QED) is 0.485. The van der Waals surface area contributed by atoms with Crippen LogP contribution >= 0.6 is 11.4 Å². The van der Waals surface area contributed by atoms with E-state index in [1.165, 1.54) is 0 Å². The Kier molecular flexibility index (Phi) is 3.12. The Hall–Kier alpha value is -0.670. The first-order valence-electron chi connectivity index (χ1n) is 3.07. The van der Waals surface area contributed by atoms with Crippen LogP contribution in [0.5, 0.6) is 0 Å². The van der Waals surface area contributed by atoms with Crippen LogP contribution in [-0.2, 0) is 0 Å². The number of rotatable bonds is 2. The highest BCUT2D eigenvalue weighted by Crippen LogP contribution is 2.02. The van der Waals surface area contributed by atoms with Gasteiger partial charge in [-0.05, 0) is 17.5 Å². The minimum Gasteiger partial charge on any atom is -0.327 e. The van der Waals surface area contributed by atoms with Crippen molar-refractivity contribution in [3.63, 3.8) is 0 Å². The molecule has 0 fully saturated rings. The minimum atomic E-state index is 0.609. The van der Waals surface area contributed by atoms with Gasteiger partial charge in [-0.25, -0.2) is 0 Å². The molecule has 0 saturated heterocycles. The second kappa shape index (κ2) is 4.19. The lowest BCUT2D eigenvalue weighted by Gasteiger charge is -1.88. The van der Waals surface area contributed by atoms with Crippen LogP contribution in [0.2, 0.25) is 0 Å². The molecular weight excluding hydrogens is 144 g/mol. The Labute approximate surface area is 64.0 Å². The molecule has 0 aliphatic carbocycles. The molecule has 0 saturated carbocycles. The summed E-state index contributed by atoms with van der Waals surface area (Å²) in [5.41, 5.74) is 5.29. The van der Waals surface area contributed by atoms with Crippen LogP contribution in [0.1, 0.15) is 0 Å². The number of hydrogen-bond acceptors (Lipinski definition) is 2. The number of pyridine rings is 1. The van der Waals surface area contributed by atoms with E-state index in [4.69, 9.17) is 5.73 Å². The van der Waals surface area contributed by atoms with Crippen molar-refractivity contribution < 1.29 is 0 Å². The Morgan fingerprint density at radius 3 is 3.10 bits per heavy atom. The first kappa shape index (κ1) is 7.44. The van der Waals surface area contributed by atoms with Gasteiger partial charge in [0.05, 0.1) is 5.03 Å². The zero-order valence-electron chi connectivity index (χ0n) is 5.57. The molecule has 54 valence electrons. The van der Waals surface area contributed by atoms with Gasteiger partial charge >= 0.3 is 0 Å². The fourth-order valence-electron chi connectivity index (χ4n) is 0.576. The molecule has 0 aliphatic heterocycles. The van der Waals surface area contributed by atoms with Crippen LogP contribution in [0.15, 0.2) is 29.4 Å². The molecule has 1 aromatic rings. The molecule has 0 unspecified atom stereocenters. The summed E-state index contributed by atoms with van der Waals surface area (Å²) >= 11 is 1.10. The van der Waals surface area contributed by atoms with Crippen LogP contribution in [-0.4, -0.2) is 16.9 Å². The van der Waals surface area contributed by atoms with Gasteiger partial charge in [-0.15, -0.1) is 0 Å². The highest BCUT2D eigenvalue weighted by molar-refractivity contribution is 7.97. The van der Waals surface area contributed by atoms with Gasteiger partial charge in [-0.2, -0.15) is 11.4 Å². The normalized spacial score (nSPS) is 11.3. The van der Waals surface area contributed by atoms with Crippen LogP contribution in [0.4, 0.5) is 0 Å². The summed E-state index contributed by atoms with van der Waals surface area (Å²) in [6.07, 6.45) is 1.78. The molecule has 10 heavy (non-hydrogen) atoms. The average Bonchev–Trinajstić information content (AvgIpc) is 2.03. The SMILES string of the molecule is NCC=[SH]c1ccccn1. The molecule has 0 atom stereocenters. The number of nitrogens with two attached hydrogens (primary N) is 1. The van der Waals surface area contributed by atoms with Crippen molar-refractivity contribution in [2.45, 2.75) is 5.03 Å². The van der Waals surface area contributed by atoms with Crippen molar-refractivity contribution >= 4 is 16.7 Å². The van der Waals surface area contributed by atoms with E-state index >= 15 is 0 Å². The number of thiol groups is 1. The zero-order valence-corrected chi connectivity index (χ0v) is 6.46. The van der Waals surface area contributed by atoms with Crippen molar-refractivity contribution in [2.75, 3.05) is 6.54 Å². The van der Waals surface area contributed by atoms with Gasteiger partial charge in [0.2, 0.25) is 0 Å². The van der Waals surface area contributed by atoms with E-state index in [1.807, 2.05) is 23.6 Å². The molecule has 1 aromatic heterocycles. The van der Waals surface area contributed by atoms with Gasteiger partial charge in [-0.3, -0.25) is 4.98 Å². The van der Waals surface area contributed by atoms with Crippen molar-refractivity contribution in [2.24, 2.45) is 5.73 Å². The van der Waals surface area contributed by atoms with Crippen molar-refractivity contribution in [3.05, 3.63) is 24.4 Å². The highest BCUT2D eigenvalue weighted by atomic mass is 32.1. The highest BCUT2D eigenvalue weighted by Gasteiger charge is 1.79. The van der Waals surface area contributed by atoms with Crippen LogP contribution in [0.3, 0.4) is 0 Å². The number of nitrogens with zero attached hydrogens (tertiary/aromatic N) is 1. The van der Waals surface area contributed by atoms with E-state index < -0.39 is 0 Å². The van der Waals surface area contributed by atoms with E-state index in [-0.39, 0.29) is 0 Å². The van der Waals surface area contributed by atoms with E-state index in [0.29, 0.717) is 6.54 Å². The van der Waals surface area contributed by atoms with Gasteiger partial charge in [0.15, 0.2) is 0 Å². The largest absolute Gasteiger partial charge is 0.327 e. The molecule has 2 N–H and O–H groups in total. The van der Waals surface area contributed by atoms with Crippen LogP contribution in [0.25, 0.3) is 0 Å². The van der Waals surface area contributed by atoms with Crippen molar-refractivity contribution in [1.29, 1.82) is 0 Å². The Morgan fingerprint density at radius 1 is 1.60 bits per heavy atom. The lowest BCUT2D eigenvalue weighted by atomic mass is 10.5. The second-order valence-corrected chi connectivity index (χ2v) is 2.82.